The van der Waals surface area contributed by atoms with Crippen LogP contribution in [0.2, 0.25) is 0 Å². The molecule has 2 aliphatic heterocycles. The summed E-state index contributed by atoms with van der Waals surface area (Å²) in [7, 11) is 0. The van der Waals surface area contributed by atoms with Crippen LogP contribution >= 0.6 is 0 Å². The second-order valence-corrected chi connectivity index (χ2v) is 6.60. The third-order valence-electron chi connectivity index (χ3n) is 4.79. The highest BCUT2D eigenvalue weighted by molar-refractivity contribution is 5.95. The van der Waals surface area contributed by atoms with E-state index in [1.807, 2.05) is 12.1 Å². The Balaban J connectivity index is 1.40. The fourth-order valence-corrected chi connectivity index (χ4v) is 3.50. The minimum absolute atomic E-state index is 0.0177. The summed E-state index contributed by atoms with van der Waals surface area (Å²) in [6.07, 6.45) is 4.88. The molecule has 1 N–H and O–H groups in total. The van der Waals surface area contributed by atoms with E-state index >= 15 is 0 Å². The topological polar surface area (TPSA) is 84.4 Å². The van der Waals surface area contributed by atoms with Gasteiger partial charge in [-0.2, -0.15) is 0 Å². The molecule has 26 heavy (non-hydrogen) atoms. The maximum Gasteiger partial charge on any atom is 0.339 e. The van der Waals surface area contributed by atoms with E-state index in [4.69, 9.17) is 4.74 Å². The van der Waals surface area contributed by atoms with Gasteiger partial charge in [-0.1, -0.05) is 18.2 Å². The largest absolute Gasteiger partial charge is 0.448 e. The van der Waals surface area contributed by atoms with Gasteiger partial charge in [0.25, 0.3) is 5.91 Å². The van der Waals surface area contributed by atoms with Crippen LogP contribution in [-0.2, 0) is 16.0 Å². The van der Waals surface area contributed by atoms with Gasteiger partial charge in [-0.15, -0.1) is 0 Å². The number of carbonyl (C=O) groups is 2. The van der Waals surface area contributed by atoms with E-state index < -0.39 is 12.1 Å². The number of carbonyl (C=O) groups excluding carboxylic acids is 2. The normalized spacial score (nSPS) is 22.3. The number of nitrogens with zero attached hydrogens (tertiary/aromatic N) is 3. The number of cyclic esters (lactones) is 1. The first-order valence-electron chi connectivity index (χ1n) is 8.82. The van der Waals surface area contributed by atoms with Gasteiger partial charge >= 0.3 is 5.97 Å². The summed E-state index contributed by atoms with van der Waals surface area (Å²) in [5, 5.41) is 3.03. The van der Waals surface area contributed by atoms with E-state index in [0.29, 0.717) is 24.5 Å². The molecule has 0 unspecified atom stereocenters. The van der Waals surface area contributed by atoms with Crippen molar-refractivity contribution in [3.8, 4) is 0 Å². The van der Waals surface area contributed by atoms with E-state index in [9.17, 15) is 9.59 Å². The Morgan fingerprint density at radius 2 is 2.00 bits per heavy atom. The fourth-order valence-electron chi connectivity index (χ4n) is 3.50. The maximum absolute atomic E-state index is 12.6. The molecule has 3 heterocycles. The molecular formula is C19H20N4O3. The Hall–Kier alpha value is -2.96. The number of hydrogen-bond donors (Lipinski definition) is 1. The van der Waals surface area contributed by atoms with Gasteiger partial charge in [-0.3, -0.25) is 4.79 Å². The SMILES string of the molecule is O=C1O[C@@H](C(=O)N[C@@H]2CCCN(c3ncccn3)C2)Cc2ccccc21. The molecule has 2 atom stereocenters. The summed E-state index contributed by atoms with van der Waals surface area (Å²) in [6.45, 7) is 1.51. The molecule has 1 fully saturated rings. The van der Waals surface area contributed by atoms with Crippen molar-refractivity contribution in [2.75, 3.05) is 18.0 Å². The smallest absolute Gasteiger partial charge is 0.339 e. The summed E-state index contributed by atoms with van der Waals surface area (Å²) < 4.78 is 5.34. The van der Waals surface area contributed by atoms with Gasteiger partial charge in [0.1, 0.15) is 0 Å². The van der Waals surface area contributed by atoms with Crippen LogP contribution in [-0.4, -0.2) is 47.1 Å². The Morgan fingerprint density at radius 3 is 2.85 bits per heavy atom. The number of amides is 1. The molecule has 1 amide bonds. The standard InChI is InChI=1S/C19H20N4O3/c24-17(16-11-13-5-1-2-7-15(13)18(25)26-16)22-14-6-3-10-23(12-14)19-20-8-4-9-21-19/h1-2,4-5,7-9,14,16H,3,6,10-12H2,(H,22,24)/t14-,16-/m1/s1. The molecule has 134 valence electrons. The maximum atomic E-state index is 12.6. The molecule has 1 aromatic carbocycles. The van der Waals surface area contributed by atoms with Gasteiger partial charge < -0.3 is 15.0 Å². The Kier molecular flexibility index (Phi) is 4.51. The molecule has 2 aliphatic rings. The lowest BCUT2D eigenvalue weighted by atomic mass is 9.98. The number of fused-ring (bicyclic) bond motifs is 1. The first-order valence-corrected chi connectivity index (χ1v) is 8.82. The van der Waals surface area contributed by atoms with Gasteiger partial charge in [0.05, 0.1) is 5.56 Å². The summed E-state index contributed by atoms with van der Waals surface area (Å²) in [4.78, 5) is 35.3. The van der Waals surface area contributed by atoms with Crippen molar-refractivity contribution in [1.29, 1.82) is 0 Å². The summed E-state index contributed by atoms with van der Waals surface area (Å²) >= 11 is 0. The number of hydrogen-bond acceptors (Lipinski definition) is 6. The van der Waals surface area contributed by atoms with Crippen molar-refractivity contribution >= 4 is 17.8 Å². The van der Waals surface area contributed by atoms with Crippen LogP contribution in [0.5, 0.6) is 0 Å². The number of aromatic nitrogens is 2. The van der Waals surface area contributed by atoms with Crippen LogP contribution in [0.25, 0.3) is 0 Å². The van der Waals surface area contributed by atoms with Crippen molar-refractivity contribution in [2.45, 2.75) is 31.4 Å². The average Bonchev–Trinajstić information content (AvgIpc) is 2.69. The molecule has 0 bridgehead atoms. The first kappa shape index (κ1) is 16.5. The number of ether oxygens (including phenoxy) is 1. The Morgan fingerprint density at radius 1 is 1.19 bits per heavy atom. The van der Waals surface area contributed by atoms with E-state index in [1.165, 1.54) is 0 Å². The number of nitrogens with one attached hydrogen (secondary N) is 1. The average molecular weight is 352 g/mol. The third-order valence-corrected chi connectivity index (χ3v) is 4.79. The molecule has 4 rings (SSSR count). The molecule has 2 aromatic rings. The molecule has 0 aliphatic carbocycles. The van der Waals surface area contributed by atoms with Crippen LogP contribution < -0.4 is 10.2 Å². The van der Waals surface area contributed by atoms with E-state index in [2.05, 4.69) is 20.2 Å². The number of rotatable bonds is 3. The predicted octanol–water partition coefficient (Wildman–Crippen LogP) is 1.34. The van der Waals surface area contributed by atoms with Crippen LogP contribution in [0.1, 0.15) is 28.8 Å². The molecule has 0 radical (unpaired) electrons. The van der Waals surface area contributed by atoms with E-state index in [0.717, 1.165) is 24.9 Å². The second-order valence-electron chi connectivity index (χ2n) is 6.60. The third kappa shape index (κ3) is 3.37. The van der Waals surface area contributed by atoms with E-state index in [-0.39, 0.29) is 11.9 Å². The Labute approximate surface area is 151 Å². The highest BCUT2D eigenvalue weighted by Gasteiger charge is 2.33. The lowest BCUT2D eigenvalue weighted by Crippen LogP contribution is -2.52. The van der Waals surface area contributed by atoms with Gasteiger partial charge in [0, 0.05) is 37.9 Å². The second kappa shape index (κ2) is 7.11. The predicted molar refractivity (Wildman–Crippen MR) is 94.8 cm³/mol. The summed E-state index contributed by atoms with van der Waals surface area (Å²) in [6, 6.07) is 9.02. The minimum Gasteiger partial charge on any atom is -0.448 e. The molecule has 0 saturated carbocycles. The lowest BCUT2D eigenvalue weighted by Gasteiger charge is -2.34. The van der Waals surface area contributed by atoms with Crippen molar-refractivity contribution in [3.05, 3.63) is 53.9 Å². The fraction of sp³-hybridized carbons (Fsp3) is 0.368. The van der Waals surface area contributed by atoms with Crippen molar-refractivity contribution < 1.29 is 14.3 Å². The molecule has 7 nitrogen and oxygen atoms in total. The highest BCUT2D eigenvalue weighted by atomic mass is 16.5. The molecule has 0 spiro atoms. The van der Waals surface area contributed by atoms with Gasteiger partial charge in [0.15, 0.2) is 6.10 Å². The van der Waals surface area contributed by atoms with Crippen molar-refractivity contribution in [2.24, 2.45) is 0 Å². The van der Waals surface area contributed by atoms with Crippen molar-refractivity contribution in [1.82, 2.24) is 15.3 Å². The number of anilines is 1. The van der Waals surface area contributed by atoms with Crippen LogP contribution in [0.3, 0.4) is 0 Å². The zero-order valence-electron chi connectivity index (χ0n) is 14.3. The zero-order valence-corrected chi connectivity index (χ0v) is 14.3. The molecular weight excluding hydrogens is 332 g/mol. The van der Waals surface area contributed by atoms with Crippen LogP contribution in [0.4, 0.5) is 5.95 Å². The quantitative estimate of drug-likeness (QED) is 0.840. The first-order chi connectivity index (χ1) is 12.7. The summed E-state index contributed by atoms with van der Waals surface area (Å²) in [5.41, 5.74) is 1.40. The summed E-state index contributed by atoms with van der Waals surface area (Å²) in [5.74, 6) is -0.00638. The highest BCUT2D eigenvalue weighted by Crippen LogP contribution is 2.21. The van der Waals surface area contributed by atoms with Crippen molar-refractivity contribution in [3.63, 3.8) is 0 Å². The molecule has 1 saturated heterocycles. The zero-order chi connectivity index (χ0) is 17.9. The lowest BCUT2D eigenvalue weighted by molar-refractivity contribution is -0.131. The number of benzene rings is 1. The monoisotopic (exact) mass is 352 g/mol. The minimum atomic E-state index is -0.777. The number of esters is 1. The van der Waals surface area contributed by atoms with Gasteiger partial charge in [-0.25, -0.2) is 14.8 Å². The van der Waals surface area contributed by atoms with Crippen LogP contribution in [0.15, 0.2) is 42.7 Å². The molecule has 1 aromatic heterocycles. The van der Waals surface area contributed by atoms with Gasteiger partial charge in [-0.05, 0) is 30.5 Å². The van der Waals surface area contributed by atoms with Gasteiger partial charge in [0.2, 0.25) is 5.95 Å². The molecule has 7 heteroatoms. The number of piperidine rings is 1. The van der Waals surface area contributed by atoms with Crippen LogP contribution in [0, 0.1) is 0 Å². The van der Waals surface area contributed by atoms with E-state index in [1.54, 1.807) is 30.6 Å². The Bertz CT molecular complexity index is 811.